The number of nitrogens with one attached hydrogen (secondary N) is 2. The molecule has 0 aliphatic heterocycles. The zero-order valence-corrected chi connectivity index (χ0v) is 16.3. The third kappa shape index (κ3) is 5.45. The number of hydrogen-bond donors (Lipinski definition) is 2. The van der Waals surface area contributed by atoms with E-state index < -0.39 is 17.4 Å². The standard InChI is InChI=1S/C20H23ClN2O4/c1-20(27-3,15-8-6-9-16(21)11-15)13-23-19(25)18(24)22-12-14-7-4-5-10-17(14)26-2/h4-11H,12-13H2,1-3H3,(H,22,24)(H,23,25). The number of hydrogen-bond acceptors (Lipinski definition) is 4. The molecular weight excluding hydrogens is 368 g/mol. The van der Waals surface area contributed by atoms with Gasteiger partial charge in [-0.15, -0.1) is 0 Å². The van der Waals surface area contributed by atoms with Crippen LogP contribution >= 0.6 is 11.6 Å². The van der Waals surface area contributed by atoms with Crippen LogP contribution in [0.1, 0.15) is 18.1 Å². The summed E-state index contributed by atoms with van der Waals surface area (Å²) < 4.78 is 10.8. The Morgan fingerprint density at radius 2 is 1.74 bits per heavy atom. The van der Waals surface area contributed by atoms with Crippen LogP contribution in [-0.4, -0.2) is 32.6 Å². The predicted octanol–water partition coefficient (Wildman–Crippen LogP) is 2.64. The summed E-state index contributed by atoms with van der Waals surface area (Å²) in [6.07, 6.45) is 0. The Labute approximate surface area is 163 Å². The van der Waals surface area contributed by atoms with Crippen LogP contribution in [0.15, 0.2) is 48.5 Å². The fourth-order valence-electron chi connectivity index (χ4n) is 2.54. The lowest BCUT2D eigenvalue weighted by Gasteiger charge is -2.29. The van der Waals surface area contributed by atoms with E-state index in [4.69, 9.17) is 21.1 Å². The molecule has 1 atom stereocenters. The molecule has 0 bridgehead atoms. The van der Waals surface area contributed by atoms with Crippen LogP contribution in [0.2, 0.25) is 5.02 Å². The molecule has 2 amide bonds. The summed E-state index contributed by atoms with van der Waals surface area (Å²) in [5, 5.41) is 5.76. The van der Waals surface area contributed by atoms with Gasteiger partial charge in [-0.25, -0.2) is 0 Å². The van der Waals surface area contributed by atoms with Gasteiger partial charge in [0.25, 0.3) is 0 Å². The van der Waals surface area contributed by atoms with E-state index in [-0.39, 0.29) is 13.1 Å². The van der Waals surface area contributed by atoms with E-state index in [0.29, 0.717) is 10.8 Å². The van der Waals surface area contributed by atoms with Crippen LogP contribution in [0.25, 0.3) is 0 Å². The minimum Gasteiger partial charge on any atom is -0.496 e. The molecule has 0 radical (unpaired) electrons. The predicted molar refractivity (Wildman–Crippen MR) is 104 cm³/mol. The van der Waals surface area contributed by atoms with Crippen molar-refractivity contribution in [3.8, 4) is 5.75 Å². The Morgan fingerprint density at radius 3 is 2.41 bits per heavy atom. The van der Waals surface area contributed by atoms with E-state index in [1.54, 1.807) is 31.4 Å². The molecule has 0 spiro atoms. The highest BCUT2D eigenvalue weighted by atomic mass is 35.5. The molecule has 2 aromatic carbocycles. The fourth-order valence-corrected chi connectivity index (χ4v) is 2.73. The second-order valence-corrected chi connectivity index (χ2v) is 6.56. The molecule has 2 aromatic rings. The largest absolute Gasteiger partial charge is 0.496 e. The third-order valence-corrected chi connectivity index (χ3v) is 4.55. The van der Waals surface area contributed by atoms with Crippen LogP contribution in [0.5, 0.6) is 5.75 Å². The van der Waals surface area contributed by atoms with Gasteiger partial charge in [-0.05, 0) is 30.7 Å². The monoisotopic (exact) mass is 390 g/mol. The minimum atomic E-state index is -0.816. The number of benzene rings is 2. The number of methoxy groups -OCH3 is 2. The number of amides is 2. The molecule has 0 fully saturated rings. The van der Waals surface area contributed by atoms with Crippen molar-refractivity contribution in [3.05, 3.63) is 64.7 Å². The zero-order chi connectivity index (χ0) is 19.9. The lowest BCUT2D eigenvalue weighted by molar-refractivity contribution is -0.140. The van der Waals surface area contributed by atoms with E-state index in [2.05, 4.69) is 10.6 Å². The van der Waals surface area contributed by atoms with E-state index in [9.17, 15) is 9.59 Å². The van der Waals surface area contributed by atoms with Crippen LogP contribution in [0, 0.1) is 0 Å². The molecule has 0 aliphatic carbocycles. The van der Waals surface area contributed by atoms with E-state index in [0.717, 1.165) is 11.1 Å². The van der Waals surface area contributed by atoms with Gasteiger partial charge in [0.2, 0.25) is 0 Å². The first-order valence-corrected chi connectivity index (χ1v) is 8.76. The van der Waals surface area contributed by atoms with Crippen molar-refractivity contribution in [1.82, 2.24) is 10.6 Å². The molecule has 2 rings (SSSR count). The van der Waals surface area contributed by atoms with Gasteiger partial charge in [-0.2, -0.15) is 0 Å². The summed E-state index contributed by atoms with van der Waals surface area (Å²) in [7, 11) is 3.09. The molecule has 0 heterocycles. The quantitative estimate of drug-likeness (QED) is 0.712. The summed E-state index contributed by atoms with van der Waals surface area (Å²) >= 11 is 6.03. The van der Waals surface area contributed by atoms with Crippen LogP contribution < -0.4 is 15.4 Å². The SMILES string of the molecule is COc1ccccc1CNC(=O)C(=O)NCC(C)(OC)c1cccc(Cl)c1. The van der Waals surface area contributed by atoms with Gasteiger partial charge < -0.3 is 20.1 Å². The maximum absolute atomic E-state index is 12.1. The highest BCUT2D eigenvalue weighted by Crippen LogP contribution is 2.26. The van der Waals surface area contributed by atoms with Gasteiger partial charge in [0.1, 0.15) is 11.4 Å². The highest BCUT2D eigenvalue weighted by molar-refractivity contribution is 6.35. The van der Waals surface area contributed by atoms with E-state index in [1.807, 2.05) is 31.2 Å². The molecular formula is C20H23ClN2O4. The lowest BCUT2D eigenvalue weighted by atomic mass is 9.95. The van der Waals surface area contributed by atoms with Gasteiger partial charge in [-0.3, -0.25) is 9.59 Å². The topological polar surface area (TPSA) is 76.7 Å². The molecule has 7 heteroatoms. The Hall–Kier alpha value is -2.57. The number of para-hydroxylation sites is 1. The Kier molecular flexibility index (Phi) is 7.21. The van der Waals surface area contributed by atoms with E-state index >= 15 is 0 Å². The number of ether oxygens (including phenoxy) is 2. The summed E-state index contributed by atoms with van der Waals surface area (Å²) in [6, 6.07) is 14.4. The van der Waals surface area contributed by atoms with E-state index in [1.165, 1.54) is 7.11 Å². The first-order chi connectivity index (χ1) is 12.9. The smallest absolute Gasteiger partial charge is 0.309 e. The summed E-state index contributed by atoms with van der Waals surface area (Å²) in [5.74, 6) is -0.827. The van der Waals surface area contributed by atoms with Gasteiger partial charge in [-0.1, -0.05) is 41.9 Å². The second-order valence-electron chi connectivity index (χ2n) is 6.12. The lowest BCUT2D eigenvalue weighted by Crippen LogP contribution is -2.45. The van der Waals surface area contributed by atoms with Crippen LogP contribution in [0.3, 0.4) is 0 Å². The number of rotatable bonds is 7. The van der Waals surface area contributed by atoms with Gasteiger partial charge in [0.15, 0.2) is 0 Å². The normalized spacial score (nSPS) is 12.7. The summed E-state index contributed by atoms with van der Waals surface area (Å²) in [6.45, 7) is 2.11. The van der Waals surface area contributed by atoms with Crippen molar-refractivity contribution >= 4 is 23.4 Å². The number of carbonyl (C=O) groups excluding carboxylic acids is 2. The molecule has 0 saturated carbocycles. The highest BCUT2D eigenvalue weighted by Gasteiger charge is 2.28. The molecule has 27 heavy (non-hydrogen) atoms. The Bertz CT molecular complexity index is 812. The maximum Gasteiger partial charge on any atom is 0.309 e. The molecule has 2 N–H and O–H groups in total. The van der Waals surface area contributed by atoms with Gasteiger partial charge in [0.05, 0.1) is 13.7 Å². The fraction of sp³-hybridized carbons (Fsp3) is 0.300. The summed E-state index contributed by atoms with van der Waals surface area (Å²) in [4.78, 5) is 24.2. The molecule has 144 valence electrons. The maximum atomic E-state index is 12.1. The zero-order valence-electron chi connectivity index (χ0n) is 15.5. The number of halogens is 1. The summed E-state index contributed by atoms with van der Waals surface area (Å²) in [5.41, 5.74) is 0.762. The number of carbonyl (C=O) groups is 2. The molecule has 1 unspecified atom stereocenters. The average molecular weight is 391 g/mol. The molecule has 0 saturated heterocycles. The van der Waals surface area contributed by atoms with Crippen molar-refractivity contribution < 1.29 is 19.1 Å². The second kappa shape index (κ2) is 9.39. The van der Waals surface area contributed by atoms with Crippen molar-refractivity contribution in [2.75, 3.05) is 20.8 Å². The van der Waals surface area contributed by atoms with Gasteiger partial charge in [0, 0.05) is 24.2 Å². The van der Waals surface area contributed by atoms with Gasteiger partial charge >= 0.3 is 11.8 Å². The third-order valence-electron chi connectivity index (χ3n) is 4.31. The Balaban J connectivity index is 1.94. The van der Waals surface area contributed by atoms with Crippen LogP contribution in [0.4, 0.5) is 0 Å². The van der Waals surface area contributed by atoms with Crippen molar-refractivity contribution in [1.29, 1.82) is 0 Å². The first-order valence-electron chi connectivity index (χ1n) is 8.38. The average Bonchev–Trinajstić information content (AvgIpc) is 2.70. The minimum absolute atomic E-state index is 0.116. The Morgan fingerprint density at radius 1 is 1.04 bits per heavy atom. The van der Waals surface area contributed by atoms with Crippen molar-refractivity contribution in [2.45, 2.75) is 19.1 Å². The molecule has 6 nitrogen and oxygen atoms in total. The van der Waals surface area contributed by atoms with Crippen molar-refractivity contribution in [2.24, 2.45) is 0 Å². The first kappa shape index (κ1) is 20.7. The molecule has 0 aliphatic rings. The van der Waals surface area contributed by atoms with Crippen molar-refractivity contribution in [3.63, 3.8) is 0 Å². The molecule has 0 aromatic heterocycles. The van der Waals surface area contributed by atoms with Crippen LogP contribution in [-0.2, 0) is 26.5 Å².